The van der Waals surface area contributed by atoms with Crippen LogP contribution in [0.5, 0.6) is 0 Å². The fourth-order valence-corrected chi connectivity index (χ4v) is 9.74. The SMILES string of the molecule is CN(C)c1ccc(C=Cc2scc(-c3ccc(N=P(c4ccccc4)(c4ccccc4)c4ccccc4)cc3)[n+]2C)cc1. The molecule has 0 unspecified atom stereocenters. The van der Waals surface area contributed by atoms with E-state index in [1.54, 1.807) is 11.3 Å². The molecule has 0 aliphatic rings. The van der Waals surface area contributed by atoms with Crippen molar-refractivity contribution >= 4 is 57.8 Å². The lowest BCUT2D eigenvalue weighted by Crippen LogP contribution is -2.30. The molecule has 6 aromatic rings. The van der Waals surface area contributed by atoms with Crippen molar-refractivity contribution in [3.8, 4) is 11.3 Å². The van der Waals surface area contributed by atoms with Crippen molar-refractivity contribution in [2.75, 3.05) is 19.0 Å². The van der Waals surface area contributed by atoms with Gasteiger partial charge in [-0.05, 0) is 48.0 Å². The van der Waals surface area contributed by atoms with Gasteiger partial charge < -0.3 is 4.90 Å². The van der Waals surface area contributed by atoms with Crippen LogP contribution in [0.2, 0.25) is 0 Å². The number of nitrogens with zero attached hydrogens (tertiary/aromatic N) is 3. The normalized spacial score (nSPS) is 11.5. The number of aromatic nitrogens is 1. The van der Waals surface area contributed by atoms with Gasteiger partial charge in [-0.1, -0.05) is 114 Å². The number of rotatable bonds is 8. The summed E-state index contributed by atoms with van der Waals surface area (Å²) in [4.78, 5) is 2.12. The zero-order valence-corrected chi connectivity index (χ0v) is 26.4. The highest BCUT2D eigenvalue weighted by molar-refractivity contribution is 7.87. The van der Waals surface area contributed by atoms with Crippen LogP contribution in [0.25, 0.3) is 23.4 Å². The van der Waals surface area contributed by atoms with Crippen molar-refractivity contribution in [3.05, 3.63) is 155 Å². The van der Waals surface area contributed by atoms with E-state index in [0.717, 1.165) is 5.69 Å². The summed E-state index contributed by atoms with van der Waals surface area (Å²) in [6.07, 6.45) is 4.37. The van der Waals surface area contributed by atoms with Gasteiger partial charge in [-0.25, -0.2) is 0 Å². The van der Waals surface area contributed by atoms with E-state index in [4.69, 9.17) is 4.74 Å². The summed E-state index contributed by atoms with van der Waals surface area (Å²) in [6, 6.07) is 49.6. The van der Waals surface area contributed by atoms with Crippen LogP contribution in [0.15, 0.2) is 150 Å². The Morgan fingerprint density at radius 1 is 0.628 bits per heavy atom. The second-order valence-electron chi connectivity index (χ2n) is 10.6. The van der Waals surface area contributed by atoms with Gasteiger partial charge in [0.2, 0.25) is 5.69 Å². The maximum atomic E-state index is 5.64. The molecule has 0 amide bonds. The maximum Gasteiger partial charge on any atom is 0.261 e. The fourth-order valence-electron chi connectivity index (χ4n) is 5.28. The summed E-state index contributed by atoms with van der Waals surface area (Å²) in [5.41, 5.74) is 5.73. The highest BCUT2D eigenvalue weighted by Gasteiger charge is 2.27. The van der Waals surface area contributed by atoms with Gasteiger partial charge in [0.15, 0.2) is 0 Å². The minimum Gasteiger partial charge on any atom is -0.378 e. The first-order valence-corrected chi connectivity index (χ1v) is 17.0. The molecule has 3 nitrogen and oxygen atoms in total. The van der Waals surface area contributed by atoms with Gasteiger partial charge in [0, 0.05) is 47.3 Å². The Morgan fingerprint density at radius 2 is 1.14 bits per heavy atom. The molecule has 6 rings (SSSR count). The molecule has 0 aliphatic heterocycles. The van der Waals surface area contributed by atoms with E-state index in [2.05, 4.69) is 188 Å². The molecule has 0 fully saturated rings. The van der Waals surface area contributed by atoms with Gasteiger partial charge >= 0.3 is 0 Å². The number of anilines is 1. The third-order valence-electron chi connectivity index (χ3n) is 7.63. The molecule has 1 heterocycles. The molecule has 0 bridgehead atoms. The van der Waals surface area contributed by atoms with Crippen LogP contribution in [0.4, 0.5) is 11.4 Å². The van der Waals surface area contributed by atoms with Crippen LogP contribution in [-0.2, 0) is 7.05 Å². The Bertz CT molecular complexity index is 1770. The van der Waals surface area contributed by atoms with Crippen molar-refractivity contribution in [2.24, 2.45) is 11.8 Å². The third kappa shape index (κ3) is 6.03. The van der Waals surface area contributed by atoms with Gasteiger partial charge in [-0.3, -0.25) is 4.74 Å². The van der Waals surface area contributed by atoms with Crippen molar-refractivity contribution in [2.45, 2.75) is 0 Å². The quantitative estimate of drug-likeness (QED) is 0.128. The zero-order valence-electron chi connectivity index (χ0n) is 24.7. The first-order valence-electron chi connectivity index (χ1n) is 14.4. The molecule has 0 saturated carbocycles. The average Bonchev–Trinajstić information content (AvgIpc) is 3.44. The molecule has 0 aliphatic carbocycles. The van der Waals surface area contributed by atoms with E-state index in [0.29, 0.717) is 0 Å². The molecule has 43 heavy (non-hydrogen) atoms. The van der Waals surface area contributed by atoms with E-state index in [-0.39, 0.29) is 0 Å². The van der Waals surface area contributed by atoms with Crippen LogP contribution < -0.4 is 25.4 Å². The lowest BCUT2D eigenvalue weighted by molar-refractivity contribution is -0.657. The van der Waals surface area contributed by atoms with Crippen molar-refractivity contribution < 1.29 is 4.57 Å². The lowest BCUT2D eigenvalue weighted by atomic mass is 10.1. The molecule has 0 saturated heterocycles. The van der Waals surface area contributed by atoms with E-state index in [1.807, 2.05) is 0 Å². The largest absolute Gasteiger partial charge is 0.378 e. The summed E-state index contributed by atoms with van der Waals surface area (Å²) < 4.78 is 7.90. The van der Waals surface area contributed by atoms with Crippen LogP contribution >= 0.6 is 18.4 Å². The molecule has 1 aromatic heterocycles. The van der Waals surface area contributed by atoms with Gasteiger partial charge in [0.1, 0.15) is 7.05 Å². The van der Waals surface area contributed by atoms with Crippen molar-refractivity contribution in [3.63, 3.8) is 0 Å². The maximum absolute atomic E-state index is 5.64. The smallest absolute Gasteiger partial charge is 0.261 e. The molecule has 212 valence electrons. The number of thiazole rings is 1. The van der Waals surface area contributed by atoms with E-state index < -0.39 is 7.05 Å². The Labute approximate surface area is 259 Å². The minimum atomic E-state index is -2.30. The summed E-state index contributed by atoms with van der Waals surface area (Å²) in [7, 11) is 3.95. The summed E-state index contributed by atoms with van der Waals surface area (Å²) >= 11 is 1.75. The lowest BCUT2D eigenvalue weighted by Gasteiger charge is -2.27. The topological polar surface area (TPSA) is 19.5 Å². The molecular weight excluding hydrogens is 561 g/mol. The molecular formula is C38H35N3PS+. The first-order chi connectivity index (χ1) is 21.0. The molecule has 0 N–H and O–H groups in total. The van der Waals surface area contributed by atoms with Gasteiger partial charge in [0.25, 0.3) is 5.01 Å². The van der Waals surface area contributed by atoms with E-state index in [9.17, 15) is 0 Å². The minimum absolute atomic E-state index is 0.979. The Hall–Kier alpha value is -4.50. The summed E-state index contributed by atoms with van der Waals surface area (Å²) in [6.45, 7) is 0. The molecule has 5 aromatic carbocycles. The second kappa shape index (κ2) is 12.8. The van der Waals surface area contributed by atoms with E-state index in [1.165, 1.54) is 43.4 Å². The van der Waals surface area contributed by atoms with Crippen LogP contribution in [0.1, 0.15) is 10.6 Å². The highest BCUT2D eigenvalue weighted by Crippen LogP contribution is 2.49. The molecule has 5 heteroatoms. The molecule has 0 atom stereocenters. The van der Waals surface area contributed by atoms with Crippen molar-refractivity contribution in [1.82, 2.24) is 0 Å². The zero-order chi connectivity index (χ0) is 29.6. The standard InChI is InChI=1S/C38H35N3PS/c1-40(2)33-26-19-30(20-27-33)21-28-38-41(3)37(29-43-38)31-22-24-32(25-23-31)39-42(34-13-7-4-8-14-34,35-15-9-5-10-16-35)36-17-11-6-12-18-36/h4-29H,1-3H3/q+1. The van der Waals surface area contributed by atoms with Gasteiger partial charge in [-0.15, -0.1) is 0 Å². The monoisotopic (exact) mass is 596 g/mol. The number of benzene rings is 5. The Balaban J connectivity index is 1.37. The molecule has 0 radical (unpaired) electrons. The van der Waals surface area contributed by atoms with Crippen LogP contribution in [0.3, 0.4) is 0 Å². The van der Waals surface area contributed by atoms with Gasteiger partial charge in [0.05, 0.1) is 18.1 Å². The van der Waals surface area contributed by atoms with Gasteiger partial charge in [-0.2, -0.15) is 4.57 Å². The fraction of sp³-hybridized carbons (Fsp3) is 0.0789. The molecule has 0 spiro atoms. The third-order valence-corrected chi connectivity index (χ3v) is 12.3. The van der Waals surface area contributed by atoms with E-state index >= 15 is 0 Å². The second-order valence-corrected chi connectivity index (χ2v) is 14.5. The van der Waals surface area contributed by atoms with Crippen LogP contribution in [-0.4, -0.2) is 14.1 Å². The predicted molar refractivity (Wildman–Crippen MR) is 188 cm³/mol. The Morgan fingerprint density at radius 3 is 1.63 bits per heavy atom. The van der Waals surface area contributed by atoms with Crippen LogP contribution in [0, 0.1) is 0 Å². The summed E-state index contributed by atoms with van der Waals surface area (Å²) in [5.74, 6) is 0. The highest BCUT2D eigenvalue weighted by atomic mass is 32.1. The number of hydrogen-bond donors (Lipinski definition) is 0. The predicted octanol–water partition coefficient (Wildman–Crippen LogP) is 8.29. The Kier molecular flexibility index (Phi) is 8.51. The van der Waals surface area contributed by atoms with Crippen molar-refractivity contribution in [1.29, 1.82) is 0 Å². The number of hydrogen-bond acceptors (Lipinski definition) is 3. The summed E-state index contributed by atoms with van der Waals surface area (Å²) in [5, 5.41) is 7.16. The average molecular weight is 597 g/mol. The first kappa shape index (κ1) is 28.6.